The van der Waals surface area contributed by atoms with Crippen molar-refractivity contribution in [2.24, 2.45) is 5.92 Å². The summed E-state index contributed by atoms with van der Waals surface area (Å²) in [6.07, 6.45) is 1.50. The smallest absolute Gasteiger partial charge is 0.407 e. The number of likely N-dealkylation sites (tertiary alicyclic amines) is 1. The number of methoxy groups -OCH3 is 3. The lowest BCUT2D eigenvalue weighted by atomic mass is 9.71. The molecular weight excluding hydrogens is 627 g/mol. The summed E-state index contributed by atoms with van der Waals surface area (Å²) >= 11 is 6.58. The number of sulfonamides is 1. The molecule has 1 saturated heterocycles. The number of carbonyl (C=O) groups is 2. The molecule has 13 heteroatoms. The normalized spacial score (nSPS) is 18.6. The fraction of sp³-hybridized carbons (Fsp3) is 0.375. The van der Waals surface area contributed by atoms with E-state index < -0.39 is 33.3 Å². The van der Waals surface area contributed by atoms with Crippen LogP contribution in [0, 0.1) is 11.7 Å². The van der Waals surface area contributed by atoms with Crippen LogP contribution in [0.5, 0.6) is 17.2 Å². The van der Waals surface area contributed by atoms with Crippen LogP contribution in [0.2, 0.25) is 5.02 Å². The van der Waals surface area contributed by atoms with Gasteiger partial charge in [0.15, 0.2) is 0 Å². The molecule has 1 atom stereocenters. The first-order valence-electron chi connectivity index (χ1n) is 14.4. The first-order chi connectivity index (χ1) is 21.5. The highest BCUT2D eigenvalue weighted by Gasteiger charge is 2.57. The number of nitrogens with zero attached hydrogens (tertiary/aromatic N) is 2. The number of anilines is 1. The highest BCUT2D eigenvalue weighted by atomic mass is 35.5. The Bertz CT molecular complexity index is 1730. The summed E-state index contributed by atoms with van der Waals surface area (Å²) in [7, 11) is -0.532. The maximum Gasteiger partial charge on any atom is 0.407 e. The molecule has 3 aromatic carbocycles. The standard InChI is InChI=1S/C32H34ClFN2O8S/c1-42-21-10-11-29(28(17-21)44-3)45(40,41)36-26-19-27(43-2)24(33)18-23(26)32(30(36)37,22-8-4-5-9-25(22)34)14-6-7-20-12-15-35(16-13-20)31(38)39/h4-5,8-11,17-20H,6-7,12-16H2,1-3H3,(H,38,39). The number of benzene rings is 3. The zero-order valence-corrected chi connectivity index (χ0v) is 26.7. The minimum atomic E-state index is -4.64. The average molecular weight is 661 g/mol. The first kappa shape index (κ1) is 32.4. The highest BCUT2D eigenvalue weighted by Crippen LogP contribution is 2.54. The van der Waals surface area contributed by atoms with Gasteiger partial charge in [-0.15, -0.1) is 0 Å². The Hall–Kier alpha value is -4.03. The molecule has 1 N–H and O–H groups in total. The van der Waals surface area contributed by atoms with Crippen LogP contribution in [0.3, 0.4) is 0 Å². The number of carbonyl (C=O) groups excluding carboxylic acids is 1. The molecule has 0 bridgehead atoms. The van der Waals surface area contributed by atoms with E-state index in [4.69, 9.17) is 25.8 Å². The molecule has 0 aliphatic carbocycles. The van der Waals surface area contributed by atoms with E-state index in [9.17, 15) is 23.1 Å². The summed E-state index contributed by atoms with van der Waals surface area (Å²) in [5.41, 5.74) is -1.49. The van der Waals surface area contributed by atoms with Crippen molar-refractivity contribution < 1.29 is 41.7 Å². The summed E-state index contributed by atoms with van der Waals surface area (Å²) in [6.45, 7) is 0.816. The van der Waals surface area contributed by atoms with Gasteiger partial charge in [0.2, 0.25) is 0 Å². The third kappa shape index (κ3) is 5.65. The molecule has 2 aliphatic rings. The van der Waals surface area contributed by atoms with Crippen LogP contribution in [0.1, 0.15) is 43.2 Å². The van der Waals surface area contributed by atoms with Crippen LogP contribution >= 0.6 is 11.6 Å². The second-order valence-corrected chi connectivity index (χ2v) is 13.2. The number of carboxylic acid groups (broad SMARTS) is 1. The Balaban J connectivity index is 1.64. The van der Waals surface area contributed by atoms with Gasteiger partial charge in [0.05, 0.1) is 32.0 Å². The highest BCUT2D eigenvalue weighted by molar-refractivity contribution is 7.93. The molecule has 0 spiro atoms. The van der Waals surface area contributed by atoms with Crippen LogP contribution < -0.4 is 18.5 Å². The van der Waals surface area contributed by atoms with Gasteiger partial charge < -0.3 is 24.2 Å². The Morgan fingerprint density at radius 2 is 1.69 bits per heavy atom. The SMILES string of the molecule is COc1ccc(S(=O)(=O)N2C(=O)C(CCCC3CCN(C(=O)O)CC3)(c3ccccc3F)c3cc(Cl)c(OC)cc32)c(OC)c1. The number of halogens is 2. The fourth-order valence-electron chi connectivity index (χ4n) is 6.44. The largest absolute Gasteiger partial charge is 0.497 e. The van der Waals surface area contributed by atoms with E-state index in [1.165, 1.54) is 74.8 Å². The van der Waals surface area contributed by atoms with Gasteiger partial charge in [-0.3, -0.25) is 4.79 Å². The Morgan fingerprint density at radius 1 is 1.00 bits per heavy atom. The number of hydrogen-bond donors (Lipinski definition) is 1. The van der Waals surface area contributed by atoms with Crippen molar-refractivity contribution >= 4 is 39.3 Å². The van der Waals surface area contributed by atoms with Crippen molar-refractivity contribution in [2.45, 2.75) is 42.4 Å². The number of piperidine rings is 1. The molecule has 5 rings (SSSR count). The predicted molar refractivity (Wildman–Crippen MR) is 166 cm³/mol. The van der Waals surface area contributed by atoms with Gasteiger partial charge in [-0.2, -0.15) is 0 Å². The van der Waals surface area contributed by atoms with E-state index in [0.29, 0.717) is 48.8 Å². The number of hydrogen-bond acceptors (Lipinski definition) is 7. The lowest BCUT2D eigenvalue weighted by Gasteiger charge is -2.32. The van der Waals surface area contributed by atoms with Crippen molar-refractivity contribution in [3.05, 3.63) is 76.6 Å². The molecule has 0 aromatic heterocycles. The lowest BCUT2D eigenvalue weighted by molar-refractivity contribution is -0.121. The third-order valence-electron chi connectivity index (χ3n) is 8.77. The number of rotatable bonds is 10. The van der Waals surface area contributed by atoms with Gasteiger partial charge in [-0.25, -0.2) is 21.9 Å². The van der Waals surface area contributed by atoms with Gasteiger partial charge in [0, 0.05) is 30.8 Å². The number of fused-ring (bicyclic) bond motifs is 1. The minimum absolute atomic E-state index is 0.00265. The van der Waals surface area contributed by atoms with Crippen LogP contribution in [0.4, 0.5) is 14.9 Å². The van der Waals surface area contributed by atoms with Crippen LogP contribution in [-0.4, -0.2) is 64.8 Å². The van der Waals surface area contributed by atoms with E-state index in [-0.39, 0.29) is 50.6 Å². The van der Waals surface area contributed by atoms with Gasteiger partial charge >= 0.3 is 6.09 Å². The van der Waals surface area contributed by atoms with Crippen molar-refractivity contribution in [3.63, 3.8) is 0 Å². The van der Waals surface area contributed by atoms with Crippen molar-refractivity contribution in [1.82, 2.24) is 4.90 Å². The molecule has 10 nitrogen and oxygen atoms in total. The second kappa shape index (κ2) is 12.8. The predicted octanol–water partition coefficient (Wildman–Crippen LogP) is 6.09. The molecule has 2 amide bonds. The molecule has 1 fully saturated rings. The molecule has 1 unspecified atom stereocenters. The van der Waals surface area contributed by atoms with E-state index in [0.717, 1.165) is 0 Å². The Morgan fingerprint density at radius 3 is 2.31 bits per heavy atom. The average Bonchev–Trinajstić information content (AvgIpc) is 3.27. The third-order valence-corrected chi connectivity index (χ3v) is 10.8. The summed E-state index contributed by atoms with van der Waals surface area (Å²) in [4.78, 5) is 27.3. The lowest BCUT2D eigenvalue weighted by Crippen LogP contribution is -2.44. The molecule has 2 aliphatic heterocycles. The van der Waals surface area contributed by atoms with Crippen molar-refractivity contribution in [2.75, 3.05) is 38.7 Å². The summed E-state index contributed by atoms with van der Waals surface area (Å²) < 4.78 is 61.4. The van der Waals surface area contributed by atoms with Gasteiger partial charge in [-0.05, 0) is 55.0 Å². The molecule has 45 heavy (non-hydrogen) atoms. The maximum absolute atomic E-state index is 15.8. The maximum atomic E-state index is 15.8. The molecular formula is C32H34ClFN2O8S. The van der Waals surface area contributed by atoms with Gasteiger partial charge in [-0.1, -0.05) is 42.6 Å². The molecule has 240 valence electrons. The summed E-state index contributed by atoms with van der Waals surface area (Å²) in [6, 6.07) is 12.8. The Labute approximate surface area is 266 Å². The second-order valence-electron chi connectivity index (χ2n) is 11.1. The van der Waals surface area contributed by atoms with E-state index in [1.807, 2.05) is 0 Å². The van der Waals surface area contributed by atoms with Crippen LogP contribution in [0.25, 0.3) is 0 Å². The molecule has 0 saturated carbocycles. The van der Waals surface area contributed by atoms with E-state index in [2.05, 4.69) is 0 Å². The molecule has 2 heterocycles. The molecule has 3 aromatic rings. The zero-order valence-electron chi connectivity index (χ0n) is 25.1. The van der Waals surface area contributed by atoms with E-state index >= 15 is 4.39 Å². The number of amides is 2. The van der Waals surface area contributed by atoms with E-state index in [1.54, 1.807) is 6.07 Å². The van der Waals surface area contributed by atoms with Crippen LogP contribution in [0.15, 0.2) is 59.5 Å². The zero-order chi connectivity index (χ0) is 32.5. The van der Waals surface area contributed by atoms with Gasteiger partial charge in [0.1, 0.15) is 33.4 Å². The molecule has 0 radical (unpaired) electrons. The first-order valence-corrected chi connectivity index (χ1v) is 16.2. The quantitative estimate of drug-likeness (QED) is 0.277. The monoisotopic (exact) mass is 660 g/mol. The van der Waals surface area contributed by atoms with Crippen LogP contribution in [-0.2, 0) is 20.2 Å². The van der Waals surface area contributed by atoms with Crippen molar-refractivity contribution in [3.8, 4) is 17.2 Å². The number of ether oxygens (including phenoxy) is 3. The minimum Gasteiger partial charge on any atom is -0.497 e. The Kier molecular flexibility index (Phi) is 9.18. The van der Waals surface area contributed by atoms with Gasteiger partial charge in [0.25, 0.3) is 15.9 Å². The van der Waals surface area contributed by atoms with Crippen molar-refractivity contribution in [1.29, 1.82) is 0 Å². The summed E-state index contributed by atoms with van der Waals surface area (Å²) in [5, 5.41) is 9.44. The topological polar surface area (TPSA) is 123 Å². The summed E-state index contributed by atoms with van der Waals surface area (Å²) in [5.74, 6) is -0.884. The fourth-order valence-corrected chi connectivity index (χ4v) is 8.30.